The van der Waals surface area contributed by atoms with Crippen LogP contribution in [-0.4, -0.2) is 27.3 Å². The highest BCUT2D eigenvalue weighted by Crippen LogP contribution is 2.35. The highest BCUT2D eigenvalue weighted by atomic mass is 19.1. The molecule has 0 fully saturated rings. The largest absolute Gasteiger partial charge is 0.474 e. The average Bonchev–Trinajstić information content (AvgIpc) is 3.45. The number of halogens is 3. The van der Waals surface area contributed by atoms with Crippen LogP contribution in [0.2, 0.25) is 0 Å². The normalized spacial score (nSPS) is 17.8. The number of ether oxygens (including phenoxy) is 1. The zero-order valence-corrected chi connectivity index (χ0v) is 16.8. The van der Waals surface area contributed by atoms with Crippen LogP contribution in [0.3, 0.4) is 0 Å². The van der Waals surface area contributed by atoms with E-state index in [1.165, 1.54) is 35.5 Å². The third-order valence-electron chi connectivity index (χ3n) is 5.35. The lowest BCUT2D eigenvalue weighted by molar-refractivity contribution is 0.229. The van der Waals surface area contributed by atoms with Gasteiger partial charge in [-0.15, -0.1) is 0 Å². The first-order chi connectivity index (χ1) is 15.5. The van der Waals surface area contributed by atoms with Crippen molar-refractivity contribution in [3.8, 4) is 11.1 Å². The minimum absolute atomic E-state index is 0.00709. The van der Waals surface area contributed by atoms with Crippen molar-refractivity contribution in [3.05, 3.63) is 108 Å². The summed E-state index contributed by atoms with van der Waals surface area (Å²) >= 11 is 0. The molecule has 160 valence electrons. The van der Waals surface area contributed by atoms with Gasteiger partial charge in [0.2, 0.25) is 5.90 Å². The third-order valence-corrected chi connectivity index (χ3v) is 5.35. The molecule has 1 aliphatic rings. The number of benzene rings is 3. The van der Waals surface area contributed by atoms with Crippen LogP contribution in [0, 0.1) is 17.5 Å². The molecule has 1 atom stereocenters. The number of aliphatic imine (C=N–C) groups is 1. The van der Waals surface area contributed by atoms with Crippen LogP contribution in [0.5, 0.6) is 0 Å². The molecule has 0 bridgehead atoms. The van der Waals surface area contributed by atoms with Crippen LogP contribution >= 0.6 is 0 Å². The summed E-state index contributed by atoms with van der Waals surface area (Å²) in [5, 5.41) is 4.09. The molecule has 0 aliphatic carbocycles. The van der Waals surface area contributed by atoms with Gasteiger partial charge in [-0.2, -0.15) is 5.10 Å². The fourth-order valence-corrected chi connectivity index (χ4v) is 3.82. The minimum atomic E-state index is -1.15. The standard InChI is InChI=1S/C24H17F3N4O/c25-19-9-18(10-20(26)11-19)24(12-31-15-28-14-29-31)13-32-23(30-24)17-6-7-21(22(27)8-17)16-4-2-1-3-5-16/h1-11,14-15H,12-13H2. The van der Waals surface area contributed by atoms with E-state index in [9.17, 15) is 13.2 Å². The molecule has 1 unspecified atom stereocenters. The molecule has 0 saturated heterocycles. The first-order valence-electron chi connectivity index (χ1n) is 9.89. The van der Waals surface area contributed by atoms with E-state index in [0.29, 0.717) is 16.7 Å². The van der Waals surface area contributed by atoms with Gasteiger partial charge in [-0.3, -0.25) is 4.68 Å². The molecule has 4 aromatic rings. The van der Waals surface area contributed by atoms with Gasteiger partial charge < -0.3 is 4.74 Å². The van der Waals surface area contributed by atoms with Crippen LogP contribution in [-0.2, 0) is 16.8 Å². The van der Waals surface area contributed by atoms with Crippen molar-refractivity contribution >= 4 is 5.90 Å². The van der Waals surface area contributed by atoms with Gasteiger partial charge in [-0.1, -0.05) is 36.4 Å². The molecule has 8 heteroatoms. The van der Waals surface area contributed by atoms with Crippen molar-refractivity contribution in [1.82, 2.24) is 14.8 Å². The molecule has 0 amide bonds. The summed E-state index contributed by atoms with van der Waals surface area (Å²) in [6.45, 7) is 0.150. The van der Waals surface area contributed by atoms with Crippen molar-refractivity contribution in [2.45, 2.75) is 12.1 Å². The highest BCUT2D eigenvalue weighted by molar-refractivity contribution is 5.96. The zero-order valence-electron chi connectivity index (χ0n) is 16.8. The molecule has 0 radical (unpaired) electrons. The molecular weight excluding hydrogens is 417 g/mol. The Bertz CT molecular complexity index is 1270. The predicted molar refractivity (Wildman–Crippen MR) is 112 cm³/mol. The Morgan fingerprint density at radius 2 is 1.69 bits per heavy atom. The Labute approximate surface area is 181 Å². The molecule has 5 rings (SSSR count). The molecule has 5 nitrogen and oxygen atoms in total. The second-order valence-electron chi connectivity index (χ2n) is 7.55. The van der Waals surface area contributed by atoms with E-state index in [1.807, 2.05) is 30.3 Å². The summed E-state index contributed by atoms with van der Waals surface area (Å²) in [6, 6.07) is 17.1. The summed E-state index contributed by atoms with van der Waals surface area (Å²) in [6.07, 6.45) is 2.84. The summed E-state index contributed by atoms with van der Waals surface area (Å²) < 4.78 is 50.2. The number of hydrogen-bond acceptors (Lipinski definition) is 4. The van der Waals surface area contributed by atoms with Crippen molar-refractivity contribution in [2.24, 2.45) is 4.99 Å². The maximum atomic E-state index is 14.9. The number of nitrogens with zero attached hydrogens (tertiary/aromatic N) is 4. The molecule has 0 saturated carbocycles. The van der Waals surface area contributed by atoms with Crippen LogP contribution in [0.4, 0.5) is 13.2 Å². The van der Waals surface area contributed by atoms with E-state index in [4.69, 9.17) is 4.74 Å². The fourth-order valence-electron chi connectivity index (χ4n) is 3.82. The van der Waals surface area contributed by atoms with E-state index in [0.717, 1.165) is 11.6 Å². The van der Waals surface area contributed by atoms with Crippen LogP contribution in [0.1, 0.15) is 11.1 Å². The van der Waals surface area contributed by atoms with Gasteiger partial charge in [0.25, 0.3) is 0 Å². The van der Waals surface area contributed by atoms with Gasteiger partial charge in [0.1, 0.15) is 42.3 Å². The van der Waals surface area contributed by atoms with Gasteiger partial charge in [0.15, 0.2) is 0 Å². The maximum absolute atomic E-state index is 14.9. The summed E-state index contributed by atoms with van der Waals surface area (Å²) in [4.78, 5) is 8.58. The predicted octanol–water partition coefficient (Wildman–Crippen LogP) is 4.73. The van der Waals surface area contributed by atoms with Crippen LogP contribution in [0.15, 0.2) is 84.4 Å². The van der Waals surface area contributed by atoms with Gasteiger partial charge >= 0.3 is 0 Å². The van der Waals surface area contributed by atoms with E-state index >= 15 is 0 Å². The van der Waals surface area contributed by atoms with Crippen LogP contribution in [0.25, 0.3) is 11.1 Å². The Hall–Kier alpha value is -3.94. The summed E-state index contributed by atoms with van der Waals surface area (Å²) in [5.41, 5.74) is 0.776. The lowest BCUT2D eigenvalue weighted by atomic mass is 9.91. The maximum Gasteiger partial charge on any atom is 0.217 e. The molecule has 32 heavy (non-hydrogen) atoms. The lowest BCUT2D eigenvalue weighted by Gasteiger charge is -2.24. The second-order valence-corrected chi connectivity index (χ2v) is 7.55. The van der Waals surface area contributed by atoms with Crippen molar-refractivity contribution < 1.29 is 17.9 Å². The molecule has 0 spiro atoms. The van der Waals surface area contributed by atoms with Crippen LogP contribution < -0.4 is 0 Å². The Morgan fingerprint density at radius 3 is 2.38 bits per heavy atom. The van der Waals surface area contributed by atoms with E-state index in [1.54, 1.807) is 12.1 Å². The molecule has 0 N–H and O–H groups in total. The van der Waals surface area contributed by atoms with Gasteiger partial charge in [0, 0.05) is 17.2 Å². The third kappa shape index (κ3) is 3.75. The second kappa shape index (κ2) is 7.96. The lowest BCUT2D eigenvalue weighted by Crippen LogP contribution is -2.32. The Balaban J connectivity index is 1.56. The quantitative estimate of drug-likeness (QED) is 0.456. The van der Waals surface area contributed by atoms with Crippen molar-refractivity contribution in [1.29, 1.82) is 0 Å². The minimum Gasteiger partial charge on any atom is -0.474 e. The average molecular weight is 434 g/mol. The summed E-state index contributed by atoms with van der Waals surface area (Å²) in [5.74, 6) is -1.68. The van der Waals surface area contributed by atoms with Gasteiger partial charge in [-0.05, 0) is 35.4 Å². The van der Waals surface area contributed by atoms with Crippen molar-refractivity contribution in [2.75, 3.05) is 6.61 Å². The molecular formula is C24H17F3N4O. The first-order valence-corrected chi connectivity index (χ1v) is 9.89. The SMILES string of the molecule is Fc1cc(F)cc(C2(Cn3cncn3)COC(c3ccc(-c4ccccc4)c(F)c3)=N2)c1. The summed E-state index contributed by atoms with van der Waals surface area (Å²) in [7, 11) is 0. The zero-order chi connectivity index (χ0) is 22.1. The van der Waals surface area contributed by atoms with E-state index in [2.05, 4.69) is 15.1 Å². The topological polar surface area (TPSA) is 52.3 Å². The van der Waals surface area contributed by atoms with E-state index < -0.39 is 23.0 Å². The Morgan fingerprint density at radius 1 is 0.906 bits per heavy atom. The van der Waals surface area contributed by atoms with E-state index in [-0.39, 0.29) is 19.0 Å². The number of hydrogen-bond donors (Lipinski definition) is 0. The smallest absolute Gasteiger partial charge is 0.217 e. The highest BCUT2D eigenvalue weighted by Gasteiger charge is 2.40. The van der Waals surface area contributed by atoms with Crippen molar-refractivity contribution in [3.63, 3.8) is 0 Å². The first kappa shape index (κ1) is 20.0. The molecule has 1 aliphatic heterocycles. The number of aromatic nitrogens is 3. The fraction of sp³-hybridized carbons (Fsp3) is 0.125. The Kier molecular flexibility index (Phi) is 4.97. The monoisotopic (exact) mass is 434 g/mol. The molecule has 3 aromatic carbocycles. The number of rotatable bonds is 5. The van der Waals surface area contributed by atoms with Gasteiger partial charge in [-0.25, -0.2) is 23.1 Å². The molecule has 1 aromatic heterocycles. The molecule has 2 heterocycles. The van der Waals surface area contributed by atoms with Gasteiger partial charge in [0.05, 0.1) is 6.54 Å².